The Labute approximate surface area is 121 Å². The van der Waals surface area contributed by atoms with Crippen LogP contribution in [0, 0.1) is 0 Å². The summed E-state index contributed by atoms with van der Waals surface area (Å²) in [6, 6.07) is 5.16. The highest BCUT2D eigenvalue weighted by Gasteiger charge is 2.05. The summed E-state index contributed by atoms with van der Waals surface area (Å²) in [5, 5.41) is 3.19. The lowest BCUT2D eigenvalue weighted by Crippen LogP contribution is -2.38. The van der Waals surface area contributed by atoms with Gasteiger partial charge in [0.1, 0.15) is 0 Å². The van der Waals surface area contributed by atoms with Crippen molar-refractivity contribution in [1.29, 1.82) is 0 Å². The predicted molar refractivity (Wildman–Crippen MR) is 78.3 cm³/mol. The van der Waals surface area contributed by atoms with E-state index in [0.29, 0.717) is 24.7 Å². The summed E-state index contributed by atoms with van der Waals surface area (Å²) >= 11 is 0. The molecule has 0 amide bonds. The zero-order chi connectivity index (χ0) is 15.4. The number of methoxy groups -OCH3 is 1. The normalized spacial score (nSPS) is 10.6. The molecule has 0 aliphatic heterocycles. The first-order valence-electron chi connectivity index (χ1n) is 6.48. The fourth-order valence-corrected chi connectivity index (χ4v) is 1.95. The summed E-state index contributed by atoms with van der Waals surface area (Å²) in [6.45, 7) is 1.01. The minimum absolute atomic E-state index is 0.305. The average molecular weight is 290 g/mol. The van der Waals surface area contributed by atoms with Gasteiger partial charge in [0.15, 0.2) is 0 Å². The van der Waals surface area contributed by atoms with Crippen molar-refractivity contribution in [2.45, 2.75) is 13.1 Å². The van der Waals surface area contributed by atoms with E-state index >= 15 is 0 Å². The lowest BCUT2D eigenvalue weighted by atomic mass is 10.2. The summed E-state index contributed by atoms with van der Waals surface area (Å²) in [6.07, 6.45) is 1.67. The molecule has 0 atom stereocenters. The predicted octanol–water partition coefficient (Wildman–Crippen LogP) is -0.223. The van der Waals surface area contributed by atoms with Crippen molar-refractivity contribution in [3.8, 4) is 5.88 Å². The zero-order valence-corrected chi connectivity index (χ0v) is 12.3. The van der Waals surface area contributed by atoms with E-state index in [2.05, 4.69) is 10.3 Å². The zero-order valence-electron chi connectivity index (χ0n) is 12.3. The Morgan fingerprint density at radius 3 is 2.67 bits per heavy atom. The molecule has 0 bridgehead atoms. The lowest BCUT2D eigenvalue weighted by molar-refractivity contribution is 0.397. The number of hydrogen-bond acceptors (Lipinski definition) is 5. The Balaban J connectivity index is 2.07. The smallest absolute Gasteiger partial charge is 0.330 e. The highest BCUT2D eigenvalue weighted by molar-refractivity contribution is 5.20. The van der Waals surface area contributed by atoms with Crippen LogP contribution in [0.2, 0.25) is 0 Å². The van der Waals surface area contributed by atoms with Gasteiger partial charge in [-0.3, -0.25) is 13.9 Å². The highest BCUT2D eigenvalue weighted by atomic mass is 16.5. The van der Waals surface area contributed by atoms with Crippen LogP contribution in [0.15, 0.2) is 34.0 Å². The maximum atomic E-state index is 11.8. The van der Waals surface area contributed by atoms with Crippen LogP contribution in [0.3, 0.4) is 0 Å². The molecule has 0 fully saturated rings. The fraction of sp³-hybridized carbons (Fsp3) is 0.357. The number of ether oxygens (including phenoxy) is 1. The van der Waals surface area contributed by atoms with Gasteiger partial charge in [-0.05, 0) is 11.6 Å². The van der Waals surface area contributed by atoms with Crippen molar-refractivity contribution in [3.05, 3.63) is 56.5 Å². The Morgan fingerprint density at radius 2 is 1.95 bits per heavy atom. The van der Waals surface area contributed by atoms with Crippen LogP contribution in [-0.2, 0) is 27.2 Å². The van der Waals surface area contributed by atoms with E-state index in [0.717, 1.165) is 10.1 Å². The summed E-state index contributed by atoms with van der Waals surface area (Å²) in [4.78, 5) is 27.5. The molecule has 0 aliphatic carbocycles. The van der Waals surface area contributed by atoms with Gasteiger partial charge in [0.2, 0.25) is 5.88 Å². The lowest BCUT2D eigenvalue weighted by Gasteiger charge is -2.10. The topological polar surface area (TPSA) is 78.1 Å². The van der Waals surface area contributed by atoms with Gasteiger partial charge in [0.05, 0.1) is 7.11 Å². The van der Waals surface area contributed by atoms with Crippen LogP contribution in [-0.4, -0.2) is 21.2 Å². The molecular weight excluding hydrogens is 272 g/mol. The first kappa shape index (κ1) is 15.0. The molecule has 0 aliphatic rings. The Bertz CT molecular complexity index is 749. The Morgan fingerprint density at radius 1 is 1.19 bits per heavy atom. The van der Waals surface area contributed by atoms with E-state index in [1.54, 1.807) is 20.4 Å². The largest absolute Gasteiger partial charge is 0.481 e. The van der Waals surface area contributed by atoms with Crippen LogP contribution in [0.25, 0.3) is 0 Å². The summed E-state index contributed by atoms with van der Waals surface area (Å²) in [7, 11) is 4.68. The van der Waals surface area contributed by atoms with Crippen LogP contribution < -0.4 is 21.3 Å². The first-order valence-corrected chi connectivity index (χ1v) is 6.48. The molecule has 2 aromatic rings. The van der Waals surface area contributed by atoms with E-state index in [4.69, 9.17) is 4.74 Å². The van der Waals surface area contributed by atoms with Crippen molar-refractivity contribution >= 4 is 0 Å². The molecule has 7 heteroatoms. The van der Waals surface area contributed by atoms with Crippen LogP contribution in [0.5, 0.6) is 5.88 Å². The highest BCUT2D eigenvalue weighted by Crippen LogP contribution is 2.08. The average Bonchev–Trinajstić information content (AvgIpc) is 2.50. The fourth-order valence-electron chi connectivity index (χ4n) is 1.95. The minimum Gasteiger partial charge on any atom is -0.481 e. The number of aromatic nitrogens is 3. The molecule has 2 rings (SSSR count). The van der Waals surface area contributed by atoms with Gasteiger partial charge in [0.25, 0.3) is 5.56 Å². The van der Waals surface area contributed by atoms with Crippen LogP contribution in [0.4, 0.5) is 0 Å². The van der Waals surface area contributed by atoms with Crippen molar-refractivity contribution in [2.75, 3.05) is 7.11 Å². The Hall–Kier alpha value is -2.41. The third-order valence-corrected chi connectivity index (χ3v) is 3.27. The Kier molecular flexibility index (Phi) is 4.54. The molecule has 0 aromatic carbocycles. The molecule has 0 spiro atoms. The van der Waals surface area contributed by atoms with Gasteiger partial charge >= 0.3 is 5.69 Å². The second-order valence-corrected chi connectivity index (χ2v) is 4.68. The number of nitrogens with zero attached hydrogens (tertiary/aromatic N) is 3. The van der Waals surface area contributed by atoms with Crippen molar-refractivity contribution in [2.24, 2.45) is 14.1 Å². The SMILES string of the molecule is COc1cc(CNCc2cc(=O)n(C)c(=O)n2C)ccn1. The third kappa shape index (κ3) is 3.38. The second-order valence-electron chi connectivity index (χ2n) is 4.68. The van der Waals surface area contributed by atoms with E-state index in [9.17, 15) is 9.59 Å². The molecule has 0 unspecified atom stereocenters. The molecule has 2 aromatic heterocycles. The minimum atomic E-state index is -0.329. The van der Waals surface area contributed by atoms with E-state index in [1.165, 1.54) is 17.7 Å². The maximum absolute atomic E-state index is 11.8. The molecule has 1 N–H and O–H groups in total. The molecular formula is C14H18N4O3. The van der Waals surface area contributed by atoms with Crippen molar-refractivity contribution < 1.29 is 4.74 Å². The summed E-state index contributed by atoms with van der Waals surface area (Å²) in [5.74, 6) is 0.551. The number of nitrogens with one attached hydrogen (secondary N) is 1. The second kappa shape index (κ2) is 6.36. The quantitative estimate of drug-likeness (QED) is 0.823. The molecule has 0 radical (unpaired) electrons. The summed E-state index contributed by atoms with van der Waals surface area (Å²) < 4.78 is 7.60. The van der Waals surface area contributed by atoms with Crippen LogP contribution in [0.1, 0.15) is 11.3 Å². The summed E-state index contributed by atoms with van der Waals surface area (Å²) in [5.41, 5.74) is 1.02. The molecule has 112 valence electrons. The standard InChI is InChI=1S/C14H18N4O3/c1-17-11(7-13(19)18(2)14(17)20)9-15-8-10-4-5-16-12(6-10)21-3/h4-7,15H,8-9H2,1-3H3. The van der Waals surface area contributed by atoms with Crippen LogP contribution >= 0.6 is 0 Å². The van der Waals surface area contributed by atoms with Gasteiger partial charge in [-0.15, -0.1) is 0 Å². The molecule has 0 saturated heterocycles. The monoisotopic (exact) mass is 290 g/mol. The first-order chi connectivity index (χ1) is 10.0. The molecule has 2 heterocycles. The van der Waals surface area contributed by atoms with Gasteiger partial charge in [0, 0.05) is 51.2 Å². The van der Waals surface area contributed by atoms with Crippen molar-refractivity contribution in [3.63, 3.8) is 0 Å². The van der Waals surface area contributed by atoms with Gasteiger partial charge in [-0.25, -0.2) is 9.78 Å². The molecule has 21 heavy (non-hydrogen) atoms. The molecule has 0 saturated carbocycles. The van der Waals surface area contributed by atoms with E-state index < -0.39 is 0 Å². The number of rotatable bonds is 5. The van der Waals surface area contributed by atoms with E-state index in [-0.39, 0.29) is 11.2 Å². The van der Waals surface area contributed by atoms with E-state index in [1.807, 2.05) is 12.1 Å². The maximum Gasteiger partial charge on any atom is 0.330 e. The molecule has 7 nitrogen and oxygen atoms in total. The number of hydrogen-bond donors (Lipinski definition) is 1. The number of pyridine rings is 1. The van der Waals surface area contributed by atoms with Crippen molar-refractivity contribution in [1.82, 2.24) is 19.4 Å². The van der Waals surface area contributed by atoms with Gasteiger partial charge < -0.3 is 10.1 Å². The third-order valence-electron chi connectivity index (χ3n) is 3.27. The van der Waals surface area contributed by atoms with Gasteiger partial charge in [-0.2, -0.15) is 0 Å². The van der Waals surface area contributed by atoms with Gasteiger partial charge in [-0.1, -0.05) is 0 Å².